The molecule has 0 amide bonds. The quantitative estimate of drug-likeness (QED) is 0.701. The van der Waals surface area contributed by atoms with Gasteiger partial charge in [0.05, 0.1) is 0 Å². The highest BCUT2D eigenvalue weighted by atomic mass is 35.5. The van der Waals surface area contributed by atoms with Crippen molar-refractivity contribution in [2.24, 2.45) is 0 Å². The van der Waals surface area contributed by atoms with Crippen molar-refractivity contribution in [3.05, 3.63) is 57.1 Å². The van der Waals surface area contributed by atoms with Crippen molar-refractivity contribution in [2.75, 3.05) is 0 Å². The van der Waals surface area contributed by atoms with Crippen LogP contribution in [0.3, 0.4) is 0 Å². The fourth-order valence-corrected chi connectivity index (χ4v) is 2.68. The van der Waals surface area contributed by atoms with Crippen molar-refractivity contribution in [1.82, 2.24) is 0 Å². The molecule has 0 radical (unpaired) electrons. The van der Waals surface area contributed by atoms with Crippen LogP contribution in [0.4, 0.5) is 0 Å². The zero-order valence-corrected chi connectivity index (χ0v) is 11.0. The average molecular weight is 247 g/mol. The molecule has 0 bridgehead atoms. The lowest BCUT2D eigenvalue weighted by atomic mass is 9.86. The van der Waals surface area contributed by atoms with Crippen LogP contribution in [0.25, 0.3) is 0 Å². The number of carbonyl (C=O) groups is 1. The highest BCUT2D eigenvalue weighted by molar-refractivity contribution is 6.30. The number of aldehydes is 1. The molecule has 0 aliphatic heterocycles. The van der Waals surface area contributed by atoms with Gasteiger partial charge in [-0.2, -0.15) is 0 Å². The first-order chi connectivity index (χ1) is 8.04. The highest BCUT2D eigenvalue weighted by Gasteiger charge is 2.24. The third kappa shape index (κ3) is 2.07. The van der Waals surface area contributed by atoms with E-state index in [1.54, 1.807) is 6.07 Å². The highest BCUT2D eigenvalue weighted by Crippen LogP contribution is 2.40. The van der Waals surface area contributed by atoms with Crippen molar-refractivity contribution >= 4 is 17.9 Å². The summed E-state index contributed by atoms with van der Waals surface area (Å²) in [6, 6.07) is 5.53. The molecule has 1 unspecified atom stereocenters. The van der Waals surface area contributed by atoms with Crippen LogP contribution in [-0.2, 0) is 0 Å². The topological polar surface area (TPSA) is 17.1 Å². The van der Waals surface area contributed by atoms with Gasteiger partial charge >= 0.3 is 0 Å². The van der Waals surface area contributed by atoms with Gasteiger partial charge in [0.1, 0.15) is 6.29 Å². The van der Waals surface area contributed by atoms with Gasteiger partial charge in [-0.1, -0.05) is 40.5 Å². The first kappa shape index (κ1) is 12.1. The molecule has 0 saturated heterocycles. The molecular formula is C15H15ClO. The minimum absolute atomic E-state index is 0.229. The minimum atomic E-state index is 0.229. The standard InChI is InChI=1S/C15H15ClO/c1-9-6-10(2)15(11(9)3)14-5-4-13(16)7-12(14)8-17/h4-8,15H,1-3H3. The van der Waals surface area contributed by atoms with Gasteiger partial charge < -0.3 is 0 Å². The molecule has 2 rings (SSSR count). The van der Waals surface area contributed by atoms with Gasteiger partial charge in [-0.15, -0.1) is 0 Å². The lowest BCUT2D eigenvalue weighted by Gasteiger charge is -2.17. The summed E-state index contributed by atoms with van der Waals surface area (Å²) >= 11 is 5.92. The van der Waals surface area contributed by atoms with E-state index in [4.69, 9.17) is 11.6 Å². The van der Waals surface area contributed by atoms with E-state index in [0.29, 0.717) is 10.6 Å². The Morgan fingerprint density at radius 1 is 1.24 bits per heavy atom. The average Bonchev–Trinajstić information content (AvgIpc) is 2.54. The maximum absolute atomic E-state index is 11.1. The molecule has 0 saturated carbocycles. The summed E-state index contributed by atoms with van der Waals surface area (Å²) in [4.78, 5) is 11.1. The van der Waals surface area contributed by atoms with Crippen LogP contribution in [0.2, 0.25) is 5.02 Å². The van der Waals surface area contributed by atoms with E-state index in [-0.39, 0.29) is 5.92 Å². The Morgan fingerprint density at radius 2 is 1.94 bits per heavy atom. The molecule has 1 aromatic carbocycles. The van der Waals surface area contributed by atoms with E-state index in [9.17, 15) is 4.79 Å². The van der Waals surface area contributed by atoms with E-state index in [1.165, 1.54) is 16.7 Å². The number of allylic oxidation sites excluding steroid dienone is 4. The third-order valence-corrected chi connectivity index (χ3v) is 3.68. The van der Waals surface area contributed by atoms with E-state index in [2.05, 4.69) is 26.8 Å². The predicted octanol–water partition coefficient (Wildman–Crippen LogP) is 4.53. The Morgan fingerprint density at radius 3 is 2.47 bits per heavy atom. The lowest BCUT2D eigenvalue weighted by Crippen LogP contribution is -2.03. The lowest BCUT2D eigenvalue weighted by molar-refractivity contribution is 0.112. The van der Waals surface area contributed by atoms with Gasteiger partial charge in [-0.25, -0.2) is 0 Å². The van der Waals surface area contributed by atoms with E-state index < -0.39 is 0 Å². The second-order valence-corrected chi connectivity index (χ2v) is 5.01. The maximum atomic E-state index is 11.1. The van der Waals surface area contributed by atoms with Gasteiger partial charge in [-0.05, 0) is 38.5 Å². The number of halogens is 1. The van der Waals surface area contributed by atoms with Crippen LogP contribution in [0.1, 0.15) is 42.6 Å². The summed E-state index contributed by atoms with van der Waals surface area (Å²) in [6.45, 7) is 6.33. The molecule has 1 atom stereocenters. The van der Waals surface area contributed by atoms with Gasteiger partial charge in [-0.3, -0.25) is 4.79 Å². The smallest absolute Gasteiger partial charge is 0.150 e. The minimum Gasteiger partial charge on any atom is -0.298 e. The molecule has 88 valence electrons. The number of carbonyl (C=O) groups excluding carboxylic acids is 1. The summed E-state index contributed by atoms with van der Waals surface area (Å²) in [5.74, 6) is 0.229. The summed E-state index contributed by atoms with van der Waals surface area (Å²) in [5, 5.41) is 0.605. The molecule has 0 aromatic heterocycles. The van der Waals surface area contributed by atoms with Crippen molar-refractivity contribution in [3.8, 4) is 0 Å². The second-order valence-electron chi connectivity index (χ2n) is 4.58. The zero-order chi connectivity index (χ0) is 12.6. The molecule has 0 N–H and O–H groups in total. The van der Waals surface area contributed by atoms with E-state index in [0.717, 1.165) is 11.8 Å². The SMILES string of the molecule is CC1=CC(C)=C(C)C1c1ccc(Cl)cc1C=O. The second kappa shape index (κ2) is 4.50. The largest absolute Gasteiger partial charge is 0.298 e. The zero-order valence-electron chi connectivity index (χ0n) is 10.3. The first-order valence-corrected chi connectivity index (χ1v) is 6.02. The van der Waals surface area contributed by atoms with Gasteiger partial charge in [0.2, 0.25) is 0 Å². The fourth-order valence-electron chi connectivity index (χ4n) is 2.50. The van der Waals surface area contributed by atoms with Crippen LogP contribution in [0.5, 0.6) is 0 Å². The molecule has 17 heavy (non-hydrogen) atoms. The Balaban J connectivity index is 2.56. The Labute approximate surface area is 107 Å². The number of benzene rings is 1. The molecule has 1 aliphatic rings. The van der Waals surface area contributed by atoms with Crippen LogP contribution in [-0.4, -0.2) is 6.29 Å². The van der Waals surface area contributed by atoms with Crippen LogP contribution in [0, 0.1) is 0 Å². The van der Waals surface area contributed by atoms with Crippen molar-refractivity contribution in [3.63, 3.8) is 0 Å². The molecule has 1 aromatic rings. The van der Waals surface area contributed by atoms with Crippen molar-refractivity contribution in [1.29, 1.82) is 0 Å². The summed E-state index contributed by atoms with van der Waals surface area (Å²) in [5.41, 5.74) is 5.62. The van der Waals surface area contributed by atoms with Crippen molar-refractivity contribution in [2.45, 2.75) is 26.7 Å². The number of rotatable bonds is 2. The Kier molecular flexibility index (Phi) is 3.21. The van der Waals surface area contributed by atoms with E-state index in [1.807, 2.05) is 12.1 Å². The van der Waals surface area contributed by atoms with Gasteiger partial charge in [0.15, 0.2) is 0 Å². The fraction of sp³-hybridized carbons (Fsp3) is 0.267. The summed E-state index contributed by atoms with van der Waals surface area (Å²) in [6.07, 6.45) is 3.07. The van der Waals surface area contributed by atoms with Gasteiger partial charge in [0.25, 0.3) is 0 Å². The third-order valence-electron chi connectivity index (χ3n) is 3.44. The summed E-state index contributed by atoms with van der Waals surface area (Å²) in [7, 11) is 0. The number of hydrogen-bond acceptors (Lipinski definition) is 1. The maximum Gasteiger partial charge on any atom is 0.150 e. The Hall–Kier alpha value is -1.34. The molecule has 1 aliphatic carbocycles. The first-order valence-electron chi connectivity index (χ1n) is 5.64. The Bertz CT molecular complexity index is 538. The number of hydrogen-bond donors (Lipinski definition) is 0. The molecule has 0 fully saturated rings. The monoisotopic (exact) mass is 246 g/mol. The van der Waals surface area contributed by atoms with Crippen LogP contribution < -0.4 is 0 Å². The van der Waals surface area contributed by atoms with Gasteiger partial charge in [0, 0.05) is 16.5 Å². The van der Waals surface area contributed by atoms with Crippen LogP contribution >= 0.6 is 11.6 Å². The molecule has 2 heteroatoms. The van der Waals surface area contributed by atoms with E-state index >= 15 is 0 Å². The molecule has 0 spiro atoms. The molecule has 1 nitrogen and oxygen atoms in total. The molecule has 0 heterocycles. The molecular weight excluding hydrogens is 232 g/mol. The predicted molar refractivity (Wildman–Crippen MR) is 71.7 cm³/mol. The normalized spacial score (nSPS) is 19.5. The van der Waals surface area contributed by atoms with Crippen molar-refractivity contribution < 1.29 is 4.79 Å². The van der Waals surface area contributed by atoms with Crippen LogP contribution in [0.15, 0.2) is 41.0 Å². The summed E-state index contributed by atoms with van der Waals surface area (Å²) < 4.78 is 0.